The van der Waals surface area contributed by atoms with Gasteiger partial charge in [0.15, 0.2) is 5.54 Å². The predicted molar refractivity (Wildman–Crippen MR) is 76.3 cm³/mol. The predicted octanol–water partition coefficient (Wildman–Crippen LogP) is 2.95. The molecule has 1 atom stereocenters. The molecule has 0 aliphatic rings. The molecule has 0 saturated carbocycles. The van der Waals surface area contributed by atoms with Crippen molar-refractivity contribution < 1.29 is 9.53 Å². The third-order valence-corrected chi connectivity index (χ3v) is 3.86. The Hall–Kier alpha value is -1.88. The minimum absolute atomic E-state index is 0.357. The minimum atomic E-state index is -0.975. The Morgan fingerprint density at radius 1 is 1.47 bits per heavy atom. The molecule has 100 valence electrons. The number of anilines is 1. The number of aromatic nitrogens is 1. The number of rotatable bonds is 4. The van der Waals surface area contributed by atoms with Gasteiger partial charge in [0.25, 0.3) is 0 Å². The molecule has 0 saturated heterocycles. The van der Waals surface area contributed by atoms with Crippen molar-refractivity contribution in [2.24, 2.45) is 0 Å². The molecule has 0 aliphatic carbocycles. The number of esters is 1. The lowest BCUT2D eigenvalue weighted by molar-refractivity contribution is -0.145. The SMILES string of the molecule is COC(=O)C(C)(Nc1cccc(C)c1)c1nccs1. The molecule has 0 amide bonds. The molecule has 2 rings (SSSR count). The summed E-state index contributed by atoms with van der Waals surface area (Å²) in [7, 11) is 1.38. The van der Waals surface area contributed by atoms with Gasteiger partial charge in [-0.3, -0.25) is 0 Å². The van der Waals surface area contributed by atoms with Gasteiger partial charge < -0.3 is 10.1 Å². The number of hydrogen-bond donors (Lipinski definition) is 1. The Morgan fingerprint density at radius 2 is 2.26 bits per heavy atom. The third-order valence-electron chi connectivity index (χ3n) is 2.87. The van der Waals surface area contributed by atoms with Crippen molar-refractivity contribution in [3.63, 3.8) is 0 Å². The summed E-state index contributed by atoms with van der Waals surface area (Å²) in [5.41, 5.74) is 1.01. The van der Waals surface area contributed by atoms with Gasteiger partial charge in [0, 0.05) is 17.3 Å². The van der Waals surface area contributed by atoms with Crippen molar-refractivity contribution in [1.29, 1.82) is 0 Å². The van der Waals surface area contributed by atoms with Crippen LogP contribution >= 0.6 is 11.3 Å². The highest BCUT2D eigenvalue weighted by Crippen LogP contribution is 2.29. The number of carbonyl (C=O) groups excluding carboxylic acids is 1. The average molecular weight is 276 g/mol. The molecule has 0 fully saturated rings. The maximum absolute atomic E-state index is 12.1. The summed E-state index contributed by atoms with van der Waals surface area (Å²) >= 11 is 1.42. The van der Waals surface area contributed by atoms with Gasteiger partial charge in [-0.15, -0.1) is 11.3 Å². The van der Waals surface area contributed by atoms with Gasteiger partial charge in [0.2, 0.25) is 0 Å². The van der Waals surface area contributed by atoms with Crippen LogP contribution in [0.5, 0.6) is 0 Å². The minimum Gasteiger partial charge on any atom is -0.467 e. The highest BCUT2D eigenvalue weighted by Gasteiger charge is 2.39. The lowest BCUT2D eigenvalue weighted by atomic mass is 10.0. The van der Waals surface area contributed by atoms with Gasteiger partial charge >= 0.3 is 5.97 Å². The number of thiazole rings is 1. The van der Waals surface area contributed by atoms with E-state index in [1.807, 2.05) is 36.6 Å². The molecule has 1 unspecified atom stereocenters. The van der Waals surface area contributed by atoms with Crippen LogP contribution in [0, 0.1) is 6.92 Å². The molecule has 2 aromatic rings. The van der Waals surface area contributed by atoms with E-state index in [9.17, 15) is 4.79 Å². The van der Waals surface area contributed by atoms with Gasteiger partial charge in [0.05, 0.1) is 7.11 Å². The number of nitrogens with one attached hydrogen (secondary N) is 1. The number of nitrogens with zero attached hydrogens (tertiary/aromatic N) is 1. The second kappa shape index (κ2) is 5.40. The Bertz CT molecular complexity index is 569. The van der Waals surface area contributed by atoms with E-state index in [1.165, 1.54) is 18.4 Å². The lowest BCUT2D eigenvalue weighted by Crippen LogP contribution is -2.41. The van der Waals surface area contributed by atoms with Gasteiger partial charge in [-0.25, -0.2) is 9.78 Å². The molecule has 0 radical (unpaired) electrons. The standard InChI is InChI=1S/C14H16N2O2S/c1-10-5-4-6-11(9-10)16-14(2,13(17)18-3)12-15-7-8-19-12/h4-9,16H,1-3H3. The molecular formula is C14H16N2O2S. The van der Waals surface area contributed by atoms with E-state index in [4.69, 9.17) is 4.74 Å². The normalized spacial score (nSPS) is 13.6. The molecule has 0 aliphatic heterocycles. The summed E-state index contributed by atoms with van der Waals surface area (Å²) < 4.78 is 4.91. The van der Waals surface area contributed by atoms with E-state index in [0.29, 0.717) is 5.01 Å². The first kappa shape index (κ1) is 13.5. The van der Waals surface area contributed by atoms with Crippen LogP contribution in [-0.4, -0.2) is 18.1 Å². The number of benzene rings is 1. The molecule has 5 heteroatoms. The van der Waals surface area contributed by atoms with Crippen LogP contribution in [0.4, 0.5) is 5.69 Å². The molecule has 1 aromatic heterocycles. The topological polar surface area (TPSA) is 51.2 Å². The highest BCUT2D eigenvalue weighted by atomic mass is 32.1. The zero-order chi connectivity index (χ0) is 13.9. The summed E-state index contributed by atoms with van der Waals surface area (Å²) in [6, 6.07) is 7.85. The van der Waals surface area contributed by atoms with Crippen LogP contribution in [-0.2, 0) is 15.1 Å². The fourth-order valence-corrected chi connectivity index (χ4v) is 2.62. The van der Waals surface area contributed by atoms with Crippen molar-refractivity contribution in [3.8, 4) is 0 Å². The summed E-state index contributed by atoms with van der Waals surface area (Å²) in [5.74, 6) is -0.357. The van der Waals surface area contributed by atoms with E-state index in [2.05, 4.69) is 10.3 Å². The summed E-state index contributed by atoms with van der Waals surface area (Å²) in [6.07, 6.45) is 1.68. The van der Waals surface area contributed by atoms with Crippen LogP contribution < -0.4 is 5.32 Å². The second-order valence-corrected chi connectivity index (χ2v) is 5.34. The molecule has 19 heavy (non-hydrogen) atoms. The van der Waals surface area contributed by atoms with Crippen molar-refractivity contribution >= 4 is 23.0 Å². The Labute approximate surface area is 116 Å². The monoisotopic (exact) mass is 276 g/mol. The summed E-state index contributed by atoms with van der Waals surface area (Å²) in [4.78, 5) is 16.3. The third kappa shape index (κ3) is 2.76. The van der Waals surface area contributed by atoms with E-state index in [-0.39, 0.29) is 5.97 Å². The maximum atomic E-state index is 12.1. The first-order chi connectivity index (χ1) is 9.06. The highest BCUT2D eigenvalue weighted by molar-refractivity contribution is 7.09. The van der Waals surface area contributed by atoms with Crippen LogP contribution in [0.3, 0.4) is 0 Å². The molecular weight excluding hydrogens is 260 g/mol. The van der Waals surface area contributed by atoms with E-state index in [0.717, 1.165) is 11.3 Å². The molecule has 1 aromatic carbocycles. The van der Waals surface area contributed by atoms with Crippen LogP contribution in [0.15, 0.2) is 35.8 Å². The Morgan fingerprint density at radius 3 is 2.84 bits per heavy atom. The van der Waals surface area contributed by atoms with Gasteiger partial charge in [-0.05, 0) is 31.5 Å². The fourth-order valence-electron chi connectivity index (χ4n) is 1.88. The second-order valence-electron chi connectivity index (χ2n) is 4.45. The smallest absolute Gasteiger partial charge is 0.338 e. The van der Waals surface area contributed by atoms with E-state index < -0.39 is 5.54 Å². The van der Waals surface area contributed by atoms with Crippen LogP contribution in [0.1, 0.15) is 17.5 Å². The zero-order valence-electron chi connectivity index (χ0n) is 11.1. The first-order valence-corrected chi connectivity index (χ1v) is 6.77. The van der Waals surface area contributed by atoms with Gasteiger partial charge in [-0.1, -0.05) is 12.1 Å². The quantitative estimate of drug-likeness (QED) is 0.872. The van der Waals surface area contributed by atoms with Crippen LogP contribution in [0.2, 0.25) is 0 Å². The Kier molecular flexibility index (Phi) is 3.85. The number of aryl methyl sites for hydroxylation is 1. The first-order valence-electron chi connectivity index (χ1n) is 5.89. The summed E-state index contributed by atoms with van der Waals surface area (Å²) in [5, 5.41) is 5.75. The van der Waals surface area contributed by atoms with Gasteiger partial charge in [-0.2, -0.15) is 0 Å². The van der Waals surface area contributed by atoms with E-state index in [1.54, 1.807) is 13.1 Å². The lowest BCUT2D eigenvalue weighted by Gasteiger charge is -2.27. The molecule has 0 spiro atoms. The molecule has 1 heterocycles. The van der Waals surface area contributed by atoms with E-state index >= 15 is 0 Å². The number of methoxy groups -OCH3 is 1. The van der Waals surface area contributed by atoms with Gasteiger partial charge in [0.1, 0.15) is 5.01 Å². The summed E-state index contributed by atoms with van der Waals surface area (Å²) in [6.45, 7) is 3.78. The maximum Gasteiger partial charge on any atom is 0.338 e. The number of ether oxygens (including phenoxy) is 1. The number of carbonyl (C=O) groups is 1. The zero-order valence-corrected chi connectivity index (χ0v) is 12.0. The van der Waals surface area contributed by atoms with Crippen molar-refractivity contribution in [3.05, 3.63) is 46.4 Å². The molecule has 1 N–H and O–H groups in total. The number of hydrogen-bond acceptors (Lipinski definition) is 5. The van der Waals surface area contributed by atoms with Crippen molar-refractivity contribution in [1.82, 2.24) is 4.98 Å². The fraction of sp³-hybridized carbons (Fsp3) is 0.286. The largest absolute Gasteiger partial charge is 0.467 e. The van der Waals surface area contributed by atoms with Crippen molar-refractivity contribution in [2.75, 3.05) is 12.4 Å². The van der Waals surface area contributed by atoms with Crippen LogP contribution in [0.25, 0.3) is 0 Å². The molecule has 0 bridgehead atoms. The van der Waals surface area contributed by atoms with Crippen molar-refractivity contribution in [2.45, 2.75) is 19.4 Å². The molecule has 4 nitrogen and oxygen atoms in total. The average Bonchev–Trinajstić information content (AvgIpc) is 2.92. The Balaban J connectivity index is 2.37.